The van der Waals surface area contributed by atoms with Gasteiger partial charge in [-0.05, 0) is 12.8 Å². The molecule has 5 aliphatic rings. The van der Waals surface area contributed by atoms with E-state index in [1.54, 1.807) is 24.5 Å². The van der Waals surface area contributed by atoms with Gasteiger partial charge in [-0.25, -0.2) is 0 Å². The van der Waals surface area contributed by atoms with Crippen LogP contribution in [-0.2, 0) is 62.0 Å². The molecule has 0 bridgehead atoms. The Hall–Kier alpha value is -4.01. The minimum atomic E-state index is -1.85. The molecule has 20 atom stereocenters. The van der Waals surface area contributed by atoms with Gasteiger partial charge in [0.1, 0.15) is 109 Å². The number of hydrogen-bond donors (Lipinski definition) is 21. The van der Waals surface area contributed by atoms with Crippen LogP contribution in [0.15, 0.2) is 0 Å². The number of nitrogens with one attached hydrogen (secondary N) is 4. The molecule has 5 saturated heterocycles. The molecule has 39 nitrogen and oxygen atoms in total. The van der Waals surface area contributed by atoms with Gasteiger partial charge >= 0.3 is 17.9 Å². The highest BCUT2D eigenvalue weighted by atomic mass is 32.2. The topological polar surface area (TPSA) is 583 Å². The summed E-state index contributed by atoms with van der Waals surface area (Å²) >= 11 is 1.89. The minimum absolute atomic E-state index is 0.00739. The summed E-state index contributed by atoms with van der Waals surface area (Å²) in [5, 5.41) is 184. The lowest BCUT2D eigenvalue weighted by atomic mass is 9.97. The molecule has 0 aromatic carbocycles. The van der Waals surface area contributed by atoms with Crippen LogP contribution < -0.4 is 21.3 Å². The maximum atomic E-state index is 13.4. The highest BCUT2D eigenvalue weighted by molar-refractivity contribution is 8.00. The number of aliphatic hydroxyl groups is 14. The molecular weight excluding hydrogens is 1340 g/mol. The highest BCUT2D eigenvalue weighted by Gasteiger charge is 2.52. The fourth-order valence-corrected chi connectivity index (χ4v) is 13.4. The van der Waals surface area contributed by atoms with E-state index < -0.39 is 189 Å². The summed E-state index contributed by atoms with van der Waals surface area (Å²) in [6, 6.07) is 0. The molecule has 0 unspecified atom stereocenters. The van der Waals surface area contributed by atoms with E-state index in [0.717, 1.165) is 23.5 Å². The molecule has 0 aromatic heterocycles. The van der Waals surface area contributed by atoms with E-state index in [9.17, 15) is 120 Å². The molecule has 0 radical (unpaired) electrons. The zero-order chi connectivity index (χ0) is 71.5. The predicted molar refractivity (Wildman–Crippen MR) is 333 cm³/mol. The number of aliphatic carboxylic acids is 3. The molecule has 97 heavy (non-hydrogen) atoms. The summed E-state index contributed by atoms with van der Waals surface area (Å²) in [6.45, 7) is -2.05. The van der Waals surface area contributed by atoms with E-state index in [0.29, 0.717) is 12.8 Å². The van der Waals surface area contributed by atoms with Gasteiger partial charge in [0, 0.05) is 116 Å². The van der Waals surface area contributed by atoms with Gasteiger partial charge in [0.05, 0.1) is 59.2 Å². The van der Waals surface area contributed by atoms with E-state index in [4.69, 9.17) is 28.4 Å². The van der Waals surface area contributed by atoms with Crippen LogP contribution in [0.3, 0.4) is 0 Å². The number of carbonyl (C=O) groups excluding carboxylic acids is 4. The third-order valence-corrected chi connectivity index (χ3v) is 18.9. The largest absolute Gasteiger partial charge is 0.480 e. The standard InChI is InChI=1S/C56H99N9O30S2/c66-26-30-41(80)43(82)47(86)53(90-30)94-51-32(28-68)92-55(49(88)45(51)84)96-19-3-34(70)57-5-1-9-61(10-2-6-58-35(71)4-20-97-56-50(89)46(85)52(33(29-69)93-56)95-54-48(87)44(83)42(81)31(27-67)91-54)21-36(72)59-7-8-60-37(73)22-62-11-13-63(23-38(74)75)15-17-65(25-40(78)79)18-16-64(14-12-62)24-39(76)77/h30-33,41-56,66-69,80-89H,1-29H2,(H,57,70)(H,58,71)(H,59,72)(H,60,73)(H,74,75)(H,76,77)(H,78,79)/t30-,31-,32-,33-,41+,42+,43+,44+,45-,46-,47-,48-,49-,50-,51-,52-,53+,54+,55+,56+/m1/s1. The van der Waals surface area contributed by atoms with Crippen molar-refractivity contribution < 1.29 is 149 Å². The molecule has 5 fully saturated rings. The lowest BCUT2D eigenvalue weighted by Gasteiger charge is -2.46. The summed E-state index contributed by atoms with van der Waals surface area (Å²) in [7, 11) is 0. The molecule has 0 spiro atoms. The van der Waals surface area contributed by atoms with E-state index in [-0.39, 0.29) is 149 Å². The second-order valence-corrected chi connectivity index (χ2v) is 26.3. The number of hydrogen-bond acceptors (Lipinski definition) is 34. The Balaban J connectivity index is 1.10. The van der Waals surface area contributed by atoms with Gasteiger partial charge in [-0.15, -0.1) is 23.5 Å². The van der Waals surface area contributed by atoms with Gasteiger partial charge in [0.15, 0.2) is 12.6 Å². The van der Waals surface area contributed by atoms with Gasteiger partial charge in [-0.1, -0.05) is 0 Å². The lowest BCUT2D eigenvalue weighted by Crippen LogP contribution is -2.64. The van der Waals surface area contributed by atoms with Crippen LogP contribution in [0.1, 0.15) is 25.7 Å². The maximum absolute atomic E-state index is 13.4. The van der Waals surface area contributed by atoms with E-state index >= 15 is 0 Å². The lowest BCUT2D eigenvalue weighted by molar-refractivity contribution is -0.338. The van der Waals surface area contributed by atoms with Crippen LogP contribution in [-0.4, -0.2) is 436 Å². The number of amides is 4. The Morgan fingerprint density at radius 3 is 1.06 bits per heavy atom. The number of aliphatic hydroxyl groups excluding tert-OH is 14. The molecule has 5 heterocycles. The second kappa shape index (κ2) is 43.1. The van der Waals surface area contributed by atoms with Crippen molar-refractivity contribution in [3.8, 4) is 0 Å². The Labute approximate surface area is 566 Å². The van der Waals surface area contributed by atoms with Crippen LogP contribution in [0.5, 0.6) is 0 Å². The van der Waals surface area contributed by atoms with Crippen molar-refractivity contribution in [2.24, 2.45) is 0 Å². The maximum Gasteiger partial charge on any atom is 0.317 e. The first kappa shape index (κ1) is 83.6. The van der Waals surface area contributed by atoms with Crippen molar-refractivity contribution in [2.45, 2.75) is 147 Å². The number of thioether (sulfide) groups is 2. The first-order valence-electron chi connectivity index (χ1n) is 31.9. The Bertz CT molecular complexity index is 2280. The monoisotopic (exact) mass is 1440 g/mol. The molecule has 4 amide bonds. The van der Waals surface area contributed by atoms with Crippen LogP contribution in [0.25, 0.3) is 0 Å². The van der Waals surface area contributed by atoms with Crippen molar-refractivity contribution in [1.29, 1.82) is 0 Å². The first-order valence-corrected chi connectivity index (χ1v) is 34.0. The SMILES string of the molecule is O=C(O)CN1CCN(CC(=O)O)CCN(CC(=O)NCCNC(=O)CN(CCCNC(=O)CCS[C@@H]2O[C@H](CO)[C@@H](O[C@@H]3O[C@H](CO)[C@H](O)[C@H](O)[C@H]3O)[C@H](O)[C@H]2O)CCCNC(=O)CCS[C@@H]2O[C@H](CO)[C@@H](O[C@@H]3O[C@H](CO)[C@H](O)[C@H](O)[C@H]3O)[C@H](O)[C@H]2O)CCN(CC(=O)O)CC1. The quantitative estimate of drug-likeness (QED) is 0.0257. The fourth-order valence-electron chi connectivity index (χ4n) is 11.1. The summed E-state index contributed by atoms with van der Waals surface area (Å²) in [5.41, 5.74) is -2.35. The molecule has 5 rings (SSSR count). The molecule has 5 aliphatic heterocycles. The third kappa shape index (κ3) is 27.4. The molecule has 0 saturated carbocycles. The smallest absolute Gasteiger partial charge is 0.317 e. The number of carbonyl (C=O) groups is 7. The summed E-state index contributed by atoms with van der Waals surface area (Å²) in [5.74, 6) is -4.91. The minimum Gasteiger partial charge on any atom is -0.480 e. The van der Waals surface area contributed by atoms with Crippen LogP contribution >= 0.6 is 23.5 Å². The van der Waals surface area contributed by atoms with Crippen LogP contribution in [0.2, 0.25) is 0 Å². The third-order valence-electron chi connectivity index (χ3n) is 16.6. The summed E-state index contributed by atoms with van der Waals surface area (Å²) in [6.07, 6.45) is -28.8. The van der Waals surface area contributed by atoms with E-state index in [1.165, 1.54) is 0 Å². The Kier molecular flexibility index (Phi) is 37.1. The van der Waals surface area contributed by atoms with Crippen LogP contribution in [0.4, 0.5) is 0 Å². The van der Waals surface area contributed by atoms with Gasteiger partial charge < -0.3 is 136 Å². The number of nitrogens with zero attached hydrogens (tertiary/aromatic N) is 5. The molecule has 0 aromatic rings. The van der Waals surface area contributed by atoms with Gasteiger partial charge in [-0.3, -0.25) is 58.1 Å². The zero-order valence-electron chi connectivity index (χ0n) is 53.5. The molecule has 560 valence electrons. The Morgan fingerprint density at radius 2 is 0.722 bits per heavy atom. The second-order valence-electron chi connectivity index (χ2n) is 23.9. The van der Waals surface area contributed by atoms with Crippen molar-refractivity contribution in [2.75, 3.05) is 162 Å². The summed E-state index contributed by atoms with van der Waals surface area (Å²) < 4.78 is 33.4. The van der Waals surface area contributed by atoms with Crippen molar-refractivity contribution in [3.05, 3.63) is 0 Å². The molecular formula is C56H99N9O30S2. The normalized spacial score (nSPS) is 33.1. The van der Waals surface area contributed by atoms with Crippen LogP contribution in [0, 0.1) is 0 Å². The highest BCUT2D eigenvalue weighted by Crippen LogP contribution is 2.35. The number of carboxylic acid groups (broad SMARTS) is 3. The average Bonchev–Trinajstić information content (AvgIpc) is 0.800. The number of carboxylic acids is 3. The summed E-state index contributed by atoms with van der Waals surface area (Å²) in [4.78, 5) is 96.0. The molecule has 21 N–H and O–H groups in total. The molecule has 0 aliphatic carbocycles. The first-order chi connectivity index (χ1) is 46.2. The molecule has 41 heteroatoms. The zero-order valence-corrected chi connectivity index (χ0v) is 55.1. The fraction of sp³-hybridized carbons (Fsp3) is 0.875. The predicted octanol–water partition coefficient (Wildman–Crippen LogP) is -12.5. The van der Waals surface area contributed by atoms with Crippen molar-refractivity contribution in [3.63, 3.8) is 0 Å². The van der Waals surface area contributed by atoms with Gasteiger partial charge in [0.25, 0.3) is 0 Å². The van der Waals surface area contributed by atoms with Crippen molar-refractivity contribution in [1.82, 2.24) is 45.8 Å². The van der Waals surface area contributed by atoms with Crippen molar-refractivity contribution >= 4 is 65.1 Å². The van der Waals surface area contributed by atoms with E-state index in [2.05, 4.69) is 21.3 Å². The van der Waals surface area contributed by atoms with E-state index in [1.807, 2.05) is 0 Å². The van der Waals surface area contributed by atoms with Gasteiger partial charge in [-0.2, -0.15) is 0 Å². The van der Waals surface area contributed by atoms with Gasteiger partial charge in [0.2, 0.25) is 23.6 Å². The Morgan fingerprint density at radius 1 is 0.392 bits per heavy atom. The average molecular weight is 1440 g/mol. The number of rotatable bonds is 37. The number of ether oxygens (including phenoxy) is 6.